The van der Waals surface area contributed by atoms with Crippen molar-refractivity contribution in [3.05, 3.63) is 23.8 Å². The Bertz CT molecular complexity index is 573. The first-order valence-corrected chi connectivity index (χ1v) is 7.65. The molecule has 1 aromatic carbocycles. The highest BCUT2D eigenvalue weighted by Crippen LogP contribution is 2.34. The van der Waals surface area contributed by atoms with Gasteiger partial charge in [-0.1, -0.05) is 0 Å². The van der Waals surface area contributed by atoms with Crippen LogP contribution in [-0.2, 0) is 0 Å². The van der Waals surface area contributed by atoms with E-state index >= 15 is 0 Å². The molecule has 3 aliphatic rings. The average molecular weight is 288 g/mol. The summed E-state index contributed by atoms with van der Waals surface area (Å²) in [6.45, 7) is 5.46. The number of piperidine rings is 1. The normalized spacial score (nSPS) is 33.0. The van der Waals surface area contributed by atoms with Crippen molar-refractivity contribution in [3.63, 3.8) is 0 Å². The fraction of sp³-hybridized carbons (Fsp3) is 0.562. The topological polar surface area (TPSA) is 50.8 Å². The van der Waals surface area contributed by atoms with Crippen LogP contribution in [0.2, 0.25) is 0 Å². The van der Waals surface area contributed by atoms with E-state index in [0.717, 1.165) is 18.8 Å². The van der Waals surface area contributed by atoms with Gasteiger partial charge >= 0.3 is 0 Å². The van der Waals surface area contributed by atoms with Crippen LogP contribution >= 0.6 is 0 Å². The van der Waals surface area contributed by atoms with E-state index in [4.69, 9.17) is 9.47 Å². The van der Waals surface area contributed by atoms with Gasteiger partial charge < -0.3 is 14.8 Å². The Morgan fingerprint density at radius 3 is 2.76 bits per heavy atom. The molecule has 4 atom stereocenters. The zero-order chi connectivity index (χ0) is 14.4. The summed E-state index contributed by atoms with van der Waals surface area (Å²) in [6, 6.07) is 6.34. The first kappa shape index (κ1) is 13.0. The first-order chi connectivity index (χ1) is 10.2. The molecule has 21 heavy (non-hydrogen) atoms. The second-order valence-electron chi connectivity index (χ2n) is 6.24. The zero-order valence-corrected chi connectivity index (χ0v) is 12.2. The number of nitrogens with zero attached hydrogens (tertiary/aromatic N) is 1. The van der Waals surface area contributed by atoms with Gasteiger partial charge in [0.15, 0.2) is 11.5 Å². The van der Waals surface area contributed by atoms with Gasteiger partial charge in [0, 0.05) is 30.7 Å². The third kappa shape index (κ3) is 2.25. The maximum Gasteiger partial charge on any atom is 0.251 e. The Morgan fingerprint density at radius 1 is 1.24 bits per heavy atom. The summed E-state index contributed by atoms with van der Waals surface area (Å²) in [7, 11) is 0. The van der Waals surface area contributed by atoms with Crippen molar-refractivity contribution in [1.29, 1.82) is 0 Å². The van der Waals surface area contributed by atoms with Crippen molar-refractivity contribution in [2.45, 2.75) is 25.4 Å². The Hall–Kier alpha value is -1.75. The summed E-state index contributed by atoms with van der Waals surface area (Å²) >= 11 is 0. The van der Waals surface area contributed by atoms with Crippen LogP contribution < -0.4 is 14.8 Å². The van der Waals surface area contributed by atoms with Crippen LogP contribution in [-0.4, -0.2) is 49.2 Å². The van der Waals surface area contributed by atoms with E-state index in [1.807, 2.05) is 6.07 Å². The van der Waals surface area contributed by atoms with Crippen LogP contribution in [0.3, 0.4) is 0 Å². The Balaban J connectivity index is 1.46. The SMILES string of the molecule is CC1CC2CN1CC2NC(=O)c1ccc2c(c1)OCCO2. The third-order valence-corrected chi connectivity index (χ3v) is 4.86. The minimum Gasteiger partial charge on any atom is -0.486 e. The van der Waals surface area contributed by atoms with Crippen molar-refractivity contribution in [2.24, 2.45) is 5.92 Å². The maximum atomic E-state index is 12.4. The molecule has 3 heterocycles. The minimum absolute atomic E-state index is 0.0154. The molecule has 0 spiro atoms. The van der Waals surface area contributed by atoms with Crippen molar-refractivity contribution >= 4 is 5.91 Å². The van der Waals surface area contributed by atoms with Gasteiger partial charge in [-0.2, -0.15) is 0 Å². The number of benzene rings is 1. The molecule has 5 nitrogen and oxygen atoms in total. The van der Waals surface area contributed by atoms with Gasteiger partial charge in [0.1, 0.15) is 13.2 Å². The molecule has 0 aromatic heterocycles. The highest BCUT2D eigenvalue weighted by Gasteiger charge is 2.42. The van der Waals surface area contributed by atoms with E-state index in [0.29, 0.717) is 36.5 Å². The molecular formula is C16H20N2O3. The molecule has 2 bridgehead atoms. The lowest BCUT2D eigenvalue weighted by molar-refractivity contribution is 0.0917. The van der Waals surface area contributed by atoms with Gasteiger partial charge in [0.05, 0.1) is 0 Å². The molecular weight excluding hydrogens is 268 g/mol. The van der Waals surface area contributed by atoms with E-state index in [9.17, 15) is 4.79 Å². The number of fused-ring (bicyclic) bond motifs is 3. The molecule has 3 aliphatic heterocycles. The molecule has 1 N–H and O–H groups in total. The molecule has 0 aliphatic carbocycles. The first-order valence-electron chi connectivity index (χ1n) is 7.65. The highest BCUT2D eigenvalue weighted by atomic mass is 16.6. The Kier molecular flexibility index (Phi) is 3.03. The summed E-state index contributed by atoms with van der Waals surface area (Å²) < 4.78 is 11.0. The van der Waals surface area contributed by atoms with Crippen LogP contribution in [0.15, 0.2) is 18.2 Å². The van der Waals surface area contributed by atoms with Gasteiger partial charge in [0.2, 0.25) is 0 Å². The van der Waals surface area contributed by atoms with Crippen LogP contribution in [0.1, 0.15) is 23.7 Å². The Morgan fingerprint density at radius 2 is 2.05 bits per heavy atom. The van der Waals surface area contributed by atoms with E-state index in [-0.39, 0.29) is 11.9 Å². The summed E-state index contributed by atoms with van der Waals surface area (Å²) in [6.07, 6.45) is 1.19. The van der Waals surface area contributed by atoms with Crippen LogP contribution in [0.5, 0.6) is 11.5 Å². The molecule has 2 saturated heterocycles. The number of nitrogens with one attached hydrogen (secondary N) is 1. The predicted octanol–water partition coefficient (Wildman–Crippen LogP) is 1.28. The van der Waals surface area contributed by atoms with Crippen molar-refractivity contribution in [2.75, 3.05) is 26.3 Å². The average Bonchev–Trinajstić information content (AvgIpc) is 3.05. The van der Waals surface area contributed by atoms with Crippen molar-refractivity contribution in [3.8, 4) is 11.5 Å². The molecule has 2 fully saturated rings. The molecule has 0 saturated carbocycles. The third-order valence-electron chi connectivity index (χ3n) is 4.86. The van der Waals surface area contributed by atoms with Crippen LogP contribution in [0.25, 0.3) is 0 Å². The van der Waals surface area contributed by atoms with Gasteiger partial charge in [-0.15, -0.1) is 0 Å². The molecule has 4 rings (SSSR count). The van der Waals surface area contributed by atoms with Gasteiger partial charge in [-0.25, -0.2) is 0 Å². The van der Waals surface area contributed by atoms with Crippen LogP contribution in [0.4, 0.5) is 0 Å². The lowest BCUT2D eigenvalue weighted by Gasteiger charge is -2.28. The maximum absolute atomic E-state index is 12.4. The summed E-state index contributed by atoms with van der Waals surface area (Å²) in [5.41, 5.74) is 0.644. The number of carbonyl (C=O) groups excluding carboxylic acids is 1. The number of ether oxygens (including phenoxy) is 2. The number of carbonyl (C=O) groups is 1. The monoisotopic (exact) mass is 288 g/mol. The molecule has 1 amide bonds. The molecule has 1 aromatic rings. The summed E-state index contributed by atoms with van der Waals surface area (Å²) in [5.74, 6) is 1.97. The number of amides is 1. The van der Waals surface area contributed by atoms with Gasteiger partial charge in [0.25, 0.3) is 5.91 Å². The van der Waals surface area contributed by atoms with Gasteiger partial charge in [-0.3, -0.25) is 9.69 Å². The standard InChI is InChI=1S/C16H20N2O3/c1-10-6-12-8-18(10)9-13(12)17-16(19)11-2-3-14-15(7-11)21-5-4-20-14/h2-3,7,10,12-13H,4-6,8-9H2,1H3,(H,17,19). The van der Waals surface area contributed by atoms with Crippen molar-refractivity contribution in [1.82, 2.24) is 10.2 Å². The number of rotatable bonds is 2. The van der Waals surface area contributed by atoms with E-state index in [2.05, 4.69) is 17.1 Å². The smallest absolute Gasteiger partial charge is 0.251 e. The molecule has 0 radical (unpaired) electrons. The number of hydrogen-bond acceptors (Lipinski definition) is 4. The predicted molar refractivity (Wildman–Crippen MR) is 77.8 cm³/mol. The number of hydrogen-bond donors (Lipinski definition) is 1. The molecule has 4 unspecified atom stereocenters. The second-order valence-corrected chi connectivity index (χ2v) is 6.24. The minimum atomic E-state index is -0.0154. The zero-order valence-electron chi connectivity index (χ0n) is 12.2. The highest BCUT2D eigenvalue weighted by molar-refractivity contribution is 5.95. The lowest BCUT2D eigenvalue weighted by Crippen LogP contribution is -2.45. The Labute approximate surface area is 124 Å². The molecule has 5 heteroatoms. The molecule has 112 valence electrons. The summed E-state index contributed by atoms with van der Waals surface area (Å²) in [5, 5.41) is 3.18. The fourth-order valence-corrected chi connectivity index (χ4v) is 3.69. The van der Waals surface area contributed by atoms with E-state index in [1.165, 1.54) is 6.42 Å². The largest absolute Gasteiger partial charge is 0.486 e. The van der Waals surface area contributed by atoms with E-state index in [1.54, 1.807) is 12.1 Å². The quantitative estimate of drug-likeness (QED) is 0.890. The lowest BCUT2D eigenvalue weighted by atomic mass is 9.96. The fourth-order valence-electron chi connectivity index (χ4n) is 3.69. The van der Waals surface area contributed by atoms with Gasteiger partial charge in [-0.05, 0) is 37.5 Å². The van der Waals surface area contributed by atoms with Crippen LogP contribution in [0, 0.1) is 5.92 Å². The second kappa shape index (κ2) is 4.91. The van der Waals surface area contributed by atoms with Crippen molar-refractivity contribution < 1.29 is 14.3 Å². The van der Waals surface area contributed by atoms with E-state index < -0.39 is 0 Å². The summed E-state index contributed by atoms with van der Waals surface area (Å²) in [4.78, 5) is 14.9.